The molecule has 0 N–H and O–H groups in total. The molecule has 4 aromatic rings. The van der Waals surface area contributed by atoms with Gasteiger partial charge in [0.05, 0.1) is 23.0 Å². The lowest BCUT2D eigenvalue weighted by atomic mass is 10.1. The van der Waals surface area contributed by atoms with Crippen LogP contribution in [0.25, 0.3) is 16.3 Å². The summed E-state index contributed by atoms with van der Waals surface area (Å²) in [6.45, 7) is 4.39. The Morgan fingerprint density at radius 2 is 1.93 bits per heavy atom. The van der Waals surface area contributed by atoms with Crippen molar-refractivity contribution in [1.29, 1.82) is 0 Å². The van der Waals surface area contributed by atoms with Crippen molar-refractivity contribution in [3.63, 3.8) is 0 Å². The zero-order valence-electron chi connectivity index (χ0n) is 16.1. The molecule has 2 aromatic carbocycles. The minimum Gasteiger partial charge on any atom is -0.467 e. The van der Waals surface area contributed by atoms with E-state index in [4.69, 9.17) is 21.0 Å². The van der Waals surface area contributed by atoms with Crippen molar-refractivity contribution in [2.24, 2.45) is 0 Å². The summed E-state index contributed by atoms with van der Waals surface area (Å²) in [6, 6.07) is 15.2. The molecule has 29 heavy (non-hydrogen) atoms. The van der Waals surface area contributed by atoms with E-state index in [1.165, 1.54) is 17.4 Å². The van der Waals surface area contributed by atoms with Gasteiger partial charge in [-0.25, -0.2) is 4.98 Å². The van der Waals surface area contributed by atoms with E-state index in [9.17, 15) is 4.79 Å². The molecule has 2 aromatic heterocycles. The van der Waals surface area contributed by atoms with E-state index in [2.05, 4.69) is 19.1 Å². The number of nitrogens with zero attached hydrogens (tertiary/aromatic N) is 2. The van der Waals surface area contributed by atoms with Crippen LogP contribution in [0.4, 0.5) is 5.13 Å². The van der Waals surface area contributed by atoms with Gasteiger partial charge in [0.25, 0.3) is 5.91 Å². The quantitative estimate of drug-likeness (QED) is 0.349. The number of hydrogen-bond donors (Lipinski definition) is 0. The molecule has 4 nitrogen and oxygen atoms in total. The molecular weight excluding hydrogens is 404 g/mol. The molecule has 0 aliphatic heterocycles. The number of benzene rings is 2. The van der Waals surface area contributed by atoms with Crippen LogP contribution < -0.4 is 4.90 Å². The SMILES string of the molecule is Cc1ccc(C)c2sc(N(Cc3ccco3)C(=O)/C=C/c3ccccc3Cl)nc12. The number of aryl methyl sites for hydroxylation is 2. The van der Waals surface area contributed by atoms with Crippen molar-refractivity contribution in [1.82, 2.24) is 4.98 Å². The molecule has 2 heterocycles. The topological polar surface area (TPSA) is 46.3 Å². The molecule has 0 unspecified atom stereocenters. The predicted molar refractivity (Wildman–Crippen MR) is 119 cm³/mol. The first-order valence-electron chi connectivity index (χ1n) is 9.16. The average Bonchev–Trinajstić information content (AvgIpc) is 3.38. The number of carbonyl (C=O) groups is 1. The summed E-state index contributed by atoms with van der Waals surface area (Å²) in [5.74, 6) is 0.507. The Labute approximate surface area is 178 Å². The Bertz CT molecular complexity index is 1160. The van der Waals surface area contributed by atoms with E-state index in [0.717, 1.165) is 26.9 Å². The second kappa shape index (κ2) is 8.23. The average molecular weight is 423 g/mol. The first-order chi connectivity index (χ1) is 14.0. The van der Waals surface area contributed by atoms with E-state index in [0.29, 0.717) is 22.5 Å². The molecular formula is C23H19ClN2O2S. The molecule has 146 valence electrons. The highest BCUT2D eigenvalue weighted by Crippen LogP contribution is 2.34. The largest absolute Gasteiger partial charge is 0.467 e. The van der Waals surface area contributed by atoms with Crippen LogP contribution in [0.1, 0.15) is 22.5 Å². The van der Waals surface area contributed by atoms with Gasteiger partial charge in [-0.2, -0.15) is 0 Å². The third kappa shape index (κ3) is 4.11. The zero-order valence-corrected chi connectivity index (χ0v) is 17.6. The number of amides is 1. The lowest BCUT2D eigenvalue weighted by molar-refractivity contribution is -0.114. The fraction of sp³-hybridized carbons (Fsp3) is 0.130. The fourth-order valence-electron chi connectivity index (χ4n) is 3.02. The second-order valence-corrected chi connectivity index (χ2v) is 8.12. The van der Waals surface area contributed by atoms with Gasteiger partial charge in [-0.15, -0.1) is 0 Å². The normalized spacial score (nSPS) is 11.4. The monoisotopic (exact) mass is 422 g/mol. The molecule has 0 radical (unpaired) electrons. The van der Waals surface area contributed by atoms with Gasteiger partial charge in [0.2, 0.25) is 0 Å². The highest BCUT2D eigenvalue weighted by atomic mass is 35.5. The van der Waals surface area contributed by atoms with Gasteiger partial charge in [0.15, 0.2) is 5.13 Å². The highest BCUT2D eigenvalue weighted by molar-refractivity contribution is 7.22. The van der Waals surface area contributed by atoms with E-state index >= 15 is 0 Å². The molecule has 4 rings (SSSR count). The van der Waals surface area contributed by atoms with Crippen LogP contribution in [0.15, 0.2) is 65.3 Å². The number of rotatable bonds is 5. The number of fused-ring (bicyclic) bond motifs is 1. The van der Waals surface area contributed by atoms with Crippen molar-refractivity contribution >= 4 is 50.3 Å². The number of hydrogen-bond acceptors (Lipinski definition) is 4. The molecule has 0 saturated carbocycles. The summed E-state index contributed by atoms with van der Waals surface area (Å²) in [5, 5.41) is 1.24. The van der Waals surface area contributed by atoms with Crippen LogP contribution in [0, 0.1) is 13.8 Å². The van der Waals surface area contributed by atoms with E-state index in [-0.39, 0.29) is 5.91 Å². The minimum atomic E-state index is -0.185. The van der Waals surface area contributed by atoms with Gasteiger partial charge in [-0.05, 0) is 54.8 Å². The van der Waals surface area contributed by atoms with Crippen molar-refractivity contribution < 1.29 is 9.21 Å². The molecule has 0 aliphatic carbocycles. The summed E-state index contributed by atoms with van der Waals surface area (Å²) in [6.07, 6.45) is 4.85. The Morgan fingerprint density at radius 1 is 1.14 bits per heavy atom. The van der Waals surface area contributed by atoms with E-state index in [1.807, 2.05) is 37.3 Å². The van der Waals surface area contributed by atoms with E-state index < -0.39 is 0 Å². The number of carbonyl (C=O) groups excluding carboxylic acids is 1. The van der Waals surface area contributed by atoms with Crippen molar-refractivity contribution in [2.45, 2.75) is 20.4 Å². The Balaban J connectivity index is 1.72. The maximum absolute atomic E-state index is 13.1. The number of halogens is 1. The van der Waals surface area contributed by atoms with Crippen molar-refractivity contribution in [2.75, 3.05) is 4.90 Å². The number of anilines is 1. The van der Waals surface area contributed by atoms with Crippen LogP contribution >= 0.6 is 22.9 Å². The lowest BCUT2D eigenvalue weighted by Crippen LogP contribution is -2.28. The van der Waals surface area contributed by atoms with Gasteiger partial charge in [-0.3, -0.25) is 9.69 Å². The fourth-order valence-corrected chi connectivity index (χ4v) is 4.34. The first-order valence-corrected chi connectivity index (χ1v) is 10.4. The molecule has 0 bridgehead atoms. The Morgan fingerprint density at radius 3 is 2.66 bits per heavy atom. The highest BCUT2D eigenvalue weighted by Gasteiger charge is 2.20. The van der Waals surface area contributed by atoms with Gasteiger partial charge < -0.3 is 4.42 Å². The Hall–Kier alpha value is -2.89. The third-order valence-electron chi connectivity index (χ3n) is 4.63. The molecule has 0 atom stereocenters. The van der Waals surface area contributed by atoms with Crippen molar-refractivity contribution in [3.05, 3.63) is 88.3 Å². The molecule has 0 spiro atoms. The summed E-state index contributed by atoms with van der Waals surface area (Å²) >= 11 is 7.72. The van der Waals surface area contributed by atoms with Gasteiger partial charge >= 0.3 is 0 Å². The van der Waals surface area contributed by atoms with Gasteiger partial charge in [0, 0.05) is 11.1 Å². The lowest BCUT2D eigenvalue weighted by Gasteiger charge is -2.16. The maximum Gasteiger partial charge on any atom is 0.253 e. The molecule has 0 fully saturated rings. The number of furan rings is 1. The maximum atomic E-state index is 13.1. The van der Waals surface area contributed by atoms with E-state index in [1.54, 1.807) is 23.3 Å². The molecule has 6 heteroatoms. The first kappa shape index (κ1) is 19.4. The Kier molecular flexibility index (Phi) is 5.51. The van der Waals surface area contributed by atoms with Crippen LogP contribution in [-0.2, 0) is 11.3 Å². The number of thiazole rings is 1. The van der Waals surface area contributed by atoms with Gasteiger partial charge in [0.1, 0.15) is 5.76 Å². The minimum absolute atomic E-state index is 0.185. The summed E-state index contributed by atoms with van der Waals surface area (Å²) in [4.78, 5) is 19.5. The predicted octanol–water partition coefficient (Wildman–Crippen LogP) is 6.41. The van der Waals surface area contributed by atoms with Crippen LogP contribution in [-0.4, -0.2) is 10.9 Å². The summed E-state index contributed by atoms with van der Waals surface area (Å²) in [5.41, 5.74) is 3.95. The third-order valence-corrected chi connectivity index (χ3v) is 6.19. The summed E-state index contributed by atoms with van der Waals surface area (Å²) in [7, 11) is 0. The van der Waals surface area contributed by atoms with Crippen LogP contribution in [0.3, 0.4) is 0 Å². The van der Waals surface area contributed by atoms with Crippen molar-refractivity contribution in [3.8, 4) is 0 Å². The van der Waals surface area contributed by atoms with Gasteiger partial charge in [-0.1, -0.05) is 53.3 Å². The second-order valence-electron chi connectivity index (χ2n) is 6.73. The summed E-state index contributed by atoms with van der Waals surface area (Å²) < 4.78 is 6.57. The molecule has 1 amide bonds. The van der Waals surface area contributed by atoms with Crippen LogP contribution in [0.2, 0.25) is 5.02 Å². The number of aromatic nitrogens is 1. The molecule has 0 aliphatic rings. The molecule has 0 saturated heterocycles. The van der Waals surface area contributed by atoms with Crippen LogP contribution in [0.5, 0.6) is 0 Å². The standard InChI is InChI=1S/C23H19ClN2O2S/c1-15-9-10-16(2)22-21(15)25-23(29-22)26(14-18-7-5-13-28-18)20(27)12-11-17-6-3-4-8-19(17)24/h3-13H,14H2,1-2H3/b12-11+. The zero-order chi connectivity index (χ0) is 20.4. The smallest absolute Gasteiger partial charge is 0.253 e.